The zero-order chi connectivity index (χ0) is 20.4. The van der Waals surface area contributed by atoms with E-state index in [2.05, 4.69) is 18.8 Å². The third-order valence-electron chi connectivity index (χ3n) is 4.90. The third kappa shape index (κ3) is 3.17. The number of aromatic hydroxyl groups is 1. The van der Waals surface area contributed by atoms with Gasteiger partial charge < -0.3 is 24.1 Å². The topological polar surface area (TPSA) is 74.5 Å². The van der Waals surface area contributed by atoms with Crippen molar-refractivity contribution in [2.75, 3.05) is 28.4 Å². The molecule has 2 heterocycles. The lowest BCUT2D eigenvalue weighted by Gasteiger charge is -2.23. The van der Waals surface area contributed by atoms with Crippen molar-refractivity contribution in [3.63, 3.8) is 0 Å². The Morgan fingerprint density at radius 3 is 2.00 bits per heavy atom. The third-order valence-corrected chi connectivity index (χ3v) is 4.90. The van der Waals surface area contributed by atoms with E-state index in [9.17, 15) is 5.11 Å². The van der Waals surface area contributed by atoms with Crippen molar-refractivity contribution in [2.45, 2.75) is 19.8 Å². The van der Waals surface area contributed by atoms with Crippen LogP contribution in [0.2, 0.25) is 0 Å². The quantitative estimate of drug-likeness (QED) is 0.665. The number of nitrogens with zero attached hydrogens (tertiary/aromatic N) is 2. The molecule has 3 rings (SSSR count). The average Bonchev–Trinajstić information content (AvgIpc) is 3.11. The summed E-state index contributed by atoms with van der Waals surface area (Å²) in [6.07, 6.45) is 1.61. The summed E-state index contributed by atoms with van der Waals surface area (Å²) in [5.74, 6) is 2.33. The van der Waals surface area contributed by atoms with E-state index in [0.29, 0.717) is 23.0 Å². The van der Waals surface area contributed by atoms with Crippen LogP contribution in [0.4, 0.5) is 0 Å². The van der Waals surface area contributed by atoms with Crippen LogP contribution in [-0.2, 0) is 0 Å². The van der Waals surface area contributed by atoms with E-state index in [-0.39, 0.29) is 17.7 Å². The summed E-state index contributed by atoms with van der Waals surface area (Å²) < 4.78 is 23.3. The van der Waals surface area contributed by atoms with Gasteiger partial charge in [0, 0.05) is 5.92 Å². The first kappa shape index (κ1) is 19.7. The van der Waals surface area contributed by atoms with Crippen LogP contribution in [0.15, 0.2) is 30.6 Å². The minimum Gasteiger partial charge on any atom is -0.493 e. The molecule has 1 aromatic carbocycles. The predicted molar refractivity (Wildman–Crippen MR) is 106 cm³/mol. The van der Waals surface area contributed by atoms with Crippen LogP contribution in [0.25, 0.3) is 5.52 Å². The van der Waals surface area contributed by atoms with Gasteiger partial charge in [-0.2, -0.15) is 0 Å². The minimum absolute atomic E-state index is 0.0196. The van der Waals surface area contributed by atoms with Gasteiger partial charge in [-0.3, -0.25) is 4.40 Å². The molecule has 0 saturated carbocycles. The molecule has 0 radical (unpaired) electrons. The molecule has 2 aromatic heterocycles. The van der Waals surface area contributed by atoms with E-state index in [1.165, 1.54) is 7.11 Å². The molecule has 0 aliphatic heterocycles. The molecule has 7 heteroatoms. The molecule has 0 spiro atoms. The van der Waals surface area contributed by atoms with Crippen LogP contribution >= 0.6 is 0 Å². The summed E-state index contributed by atoms with van der Waals surface area (Å²) in [4.78, 5) is 4.62. The van der Waals surface area contributed by atoms with Crippen LogP contribution in [0.5, 0.6) is 28.9 Å². The number of ether oxygens (including phenoxy) is 4. The molecular weight excluding hydrogens is 360 g/mol. The fourth-order valence-electron chi connectivity index (χ4n) is 3.59. The number of methoxy groups -OCH3 is 4. The fourth-order valence-corrected chi connectivity index (χ4v) is 3.59. The van der Waals surface area contributed by atoms with Gasteiger partial charge in [0.25, 0.3) is 0 Å². The molecule has 0 saturated heterocycles. The molecule has 0 aliphatic carbocycles. The van der Waals surface area contributed by atoms with Crippen molar-refractivity contribution in [3.05, 3.63) is 41.9 Å². The molecule has 1 unspecified atom stereocenters. The van der Waals surface area contributed by atoms with Crippen LogP contribution < -0.4 is 18.9 Å². The maximum atomic E-state index is 10.4. The molecule has 7 nitrogen and oxygen atoms in total. The summed E-state index contributed by atoms with van der Waals surface area (Å²) in [6.45, 7) is 4.25. The van der Waals surface area contributed by atoms with E-state index >= 15 is 0 Å². The van der Waals surface area contributed by atoms with Gasteiger partial charge in [-0.15, -0.1) is 0 Å². The summed E-state index contributed by atoms with van der Waals surface area (Å²) in [5, 5.41) is 10.4. The molecular formula is C21H26N2O5. The minimum atomic E-state index is -0.0495. The molecule has 1 atom stereocenters. The molecule has 0 bridgehead atoms. The smallest absolute Gasteiger partial charge is 0.240 e. The first-order chi connectivity index (χ1) is 13.5. The van der Waals surface area contributed by atoms with Gasteiger partial charge in [-0.05, 0) is 35.7 Å². The lowest BCUT2D eigenvalue weighted by Crippen LogP contribution is -2.11. The zero-order valence-corrected chi connectivity index (χ0v) is 17.0. The molecule has 0 aliphatic rings. The fraction of sp³-hybridized carbons (Fsp3) is 0.381. The Morgan fingerprint density at radius 2 is 1.50 bits per heavy atom. The van der Waals surface area contributed by atoms with Gasteiger partial charge in [0.1, 0.15) is 6.33 Å². The lowest BCUT2D eigenvalue weighted by atomic mass is 9.85. The summed E-state index contributed by atoms with van der Waals surface area (Å²) in [5.41, 5.74) is 2.65. The maximum Gasteiger partial charge on any atom is 0.240 e. The maximum absolute atomic E-state index is 10.4. The largest absolute Gasteiger partial charge is 0.493 e. The Labute approximate surface area is 164 Å². The summed E-state index contributed by atoms with van der Waals surface area (Å²) in [6, 6.07) is 7.53. The zero-order valence-electron chi connectivity index (χ0n) is 17.0. The van der Waals surface area contributed by atoms with Crippen LogP contribution in [0.1, 0.15) is 31.0 Å². The van der Waals surface area contributed by atoms with Crippen molar-refractivity contribution in [1.82, 2.24) is 9.38 Å². The molecule has 3 aromatic rings. The molecule has 0 amide bonds. The van der Waals surface area contributed by atoms with Crippen LogP contribution in [0, 0.1) is 5.92 Å². The summed E-state index contributed by atoms with van der Waals surface area (Å²) >= 11 is 0. The number of benzene rings is 1. The van der Waals surface area contributed by atoms with E-state index < -0.39 is 0 Å². The van der Waals surface area contributed by atoms with Gasteiger partial charge in [-0.1, -0.05) is 13.8 Å². The second-order valence-electron chi connectivity index (χ2n) is 6.79. The van der Waals surface area contributed by atoms with Crippen LogP contribution in [-0.4, -0.2) is 42.9 Å². The second kappa shape index (κ2) is 7.88. The highest BCUT2D eigenvalue weighted by Gasteiger charge is 2.27. The number of hydrogen-bond donors (Lipinski definition) is 1. The SMILES string of the molecule is COc1cc(C(c2ncn3c(O)c(OC)ccc23)C(C)C)cc(OC)c1OC. The van der Waals surface area contributed by atoms with E-state index in [1.54, 1.807) is 38.1 Å². The molecule has 1 N–H and O–H groups in total. The predicted octanol–water partition coefficient (Wildman–Crippen LogP) is 3.86. The Hall–Kier alpha value is -3.09. The van der Waals surface area contributed by atoms with E-state index in [1.807, 2.05) is 18.2 Å². The van der Waals surface area contributed by atoms with Gasteiger partial charge >= 0.3 is 0 Å². The standard InChI is InChI=1S/C21H26N2O5/c1-12(2)18(13-9-16(26-4)20(28-6)17(10-13)27-5)19-14-7-8-15(25-3)21(24)23(14)11-22-19/h7-12,18,24H,1-6H3. The monoisotopic (exact) mass is 386 g/mol. The average molecular weight is 386 g/mol. The number of pyridine rings is 1. The van der Waals surface area contributed by atoms with Gasteiger partial charge in [0.05, 0.1) is 39.6 Å². The second-order valence-corrected chi connectivity index (χ2v) is 6.79. The number of rotatable bonds is 7. The van der Waals surface area contributed by atoms with Gasteiger partial charge in [0.2, 0.25) is 11.6 Å². The highest BCUT2D eigenvalue weighted by molar-refractivity contribution is 5.62. The van der Waals surface area contributed by atoms with Crippen molar-refractivity contribution in [2.24, 2.45) is 5.92 Å². The van der Waals surface area contributed by atoms with Crippen LogP contribution in [0.3, 0.4) is 0 Å². The van der Waals surface area contributed by atoms with Gasteiger partial charge in [0.15, 0.2) is 17.2 Å². The molecule has 150 valence electrons. The summed E-state index contributed by atoms with van der Waals surface area (Å²) in [7, 11) is 6.30. The Kier molecular flexibility index (Phi) is 5.53. The number of imidazole rings is 1. The Bertz CT molecular complexity index is 955. The van der Waals surface area contributed by atoms with Crippen molar-refractivity contribution in [1.29, 1.82) is 0 Å². The van der Waals surface area contributed by atoms with Gasteiger partial charge in [-0.25, -0.2) is 4.98 Å². The van der Waals surface area contributed by atoms with Crippen molar-refractivity contribution < 1.29 is 24.1 Å². The lowest BCUT2D eigenvalue weighted by molar-refractivity contribution is 0.323. The number of fused-ring (bicyclic) bond motifs is 1. The van der Waals surface area contributed by atoms with E-state index in [4.69, 9.17) is 18.9 Å². The highest BCUT2D eigenvalue weighted by atomic mass is 16.5. The highest BCUT2D eigenvalue weighted by Crippen LogP contribution is 2.44. The Morgan fingerprint density at radius 1 is 0.893 bits per heavy atom. The van der Waals surface area contributed by atoms with E-state index in [0.717, 1.165) is 16.8 Å². The van der Waals surface area contributed by atoms with Crippen molar-refractivity contribution >= 4 is 5.52 Å². The first-order valence-corrected chi connectivity index (χ1v) is 8.99. The first-order valence-electron chi connectivity index (χ1n) is 8.99. The van der Waals surface area contributed by atoms with Crippen molar-refractivity contribution in [3.8, 4) is 28.9 Å². The Balaban J connectivity index is 2.21. The number of hydrogen-bond acceptors (Lipinski definition) is 6. The number of aromatic nitrogens is 2. The normalized spacial score (nSPS) is 12.2. The molecule has 0 fully saturated rings. The molecule has 28 heavy (non-hydrogen) atoms.